The van der Waals surface area contributed by atoms with E-state index in [0.29, 0.717) is 26.6 Å². The van der Waals surface area contributed by atoms with Gasteiger partial charge in [0.25, 0.3) is 5.91 Å². The highest BCUT2D eigenvalue weighted by molar-refractivity contribution is 7.99. The van der Waals surface area contributed by atoms with Gasteiger partial charge >= 0.3 is 0 Å². The molecule has 2 aromatic carbocycles. The van der Waals surface area contributed by atoms with Gasteiger partial charge < -0.3 is 15.2 Å². The summed E-state index contributed by atoms with van der Waals surface area (Å²) in [5.74, 6) is 0.308. The number of halogens is 2. The minimum absolute atomic E-state index is 0.140. The summed E-state index contributed by atoms with van der Waals surface area (Å²) in [6, 6.07) is 13.9. The Labute approximate surface area is 181 Å². The smallest absolute Gasteiger partial charge is 0.251 e. The van der Waals surface area contributed by atoms with Crippen molar-refractivity contribution in [2.24, 2.45) is 7.05 Å². The van der Waals surface area contributed by atoms with E-state index in [9.17, 15) is 9.59 Å². The van der Waals surface area contributed by atoms with Crippen molar-refractivity contribution in [2.45, 2.75) is 11.7 Å². The summed E-state index contributed by atoms with van der Waals surface area (Å²) in [5, 5.41) is 15.0. The van der Waals surface area contributed by atoms with Gasteiger partial charge in [0.1, 0.15) is 0 Å². The zero-order chi connectivity index (χ0) is 20.8. The quantitative estimate of drug-likeness (QED) is 0.535. The number of nitrogens with zero attached hydrogens (tertiary/aromatic N) is 3. The Hall–Kier alpha value is -2.55. The molecule has 0 aliphatic rings. The van der Waals surface area contributed by atoms with Crippen molar-refractivity contribution in [3.63, 3.8) is 0 Å². The Bertz CT molecular complexity index is 1030. The first kappa shape index (κ1) is 21.2. The lowest BCUT2D eigenvalue weighted by molar-refractivity contribution is -0.113. The number of aromatic nitrogens is 3. The van der Waals surface area contributed by atoms with Crippen LogP contribution in [0.1, 0.15) is 16.2 Å². The molecular formula is C19H17Cl2N5O2S. The largest absolute Gasteiger partial charge is 0.345 e. The maximum atomic E-state index is 12.3. The summed E-state index contributed by atoms with van der Waals surface area (Å²) >= 11 is 13.1. The van der Waals surface area contributed by atoms with Crippen LogP contribution in [-0.4, -0.2) is 32.3 Å². The van der Waals surface area contributed by atoms with Gasteiger partial charge in [-0.1, -0.05) is 53.2 Å². The average molecular weight is 450 g/mol. The Morgan fingerprint density at radius 2 is 1.83 bits per heavy atom. The molecule has 0 bridgehead atoms. The van der Waals surface area contributed by atoms with Crippen LogP contribution in [0.4, 0.5) is 5.69 Å². The van der Waals surface area contributed by atoms with E-state index in [1.54, 1.807) is 23.7 Å². The maximum Gasteiger partial charge on any atom is 0.251 e. The molecule has 29 heavy (non-hydrogen) atoms. The number of amides is 2. The third-order valence-corrected chi connectivity index (χ3v) is 5.66. The fraction of sp³-hybridized carbons (Fsp3) is 0.158. The lowest BCUT2D eigenvalue weighted by atomic mass is 10.2. The van der Waals surface area contributed by atoms with Crippen LogP contribution in [0.5, 0.6) is 0 Å². The Morgan fingerprint density at radius 1 is 1.07 bits per heavy atom. The van der Waals surface area contributed by atoms with Gasteiger partial charge in [-0.15, -0.1) is 10.2 Å². The topological polar surface area (TPSA) is 88.9 Å². The van der Waals surface area contributed by atoms with Crippen molar-refractivity contribution in [1.29, 1.82) is 0 Å². The zero-order valence-electron chi connectivity index (χ0n) is 15.4. The molecule has 0 spiro atoms. The van der Waals surface area contributed by atoms with Crippen LogP contribution in [0.25, 0.3) is 0 Å². The highest BCUT2D eigenvalue weighted by Gasteiger charge is 2.14. The van der Waals surface area contributed by atoms with E-state index in [0.717, 1.165) is 5.69 Å². The van der Waals surface area contributed by atoms with E-state index < -0.39 is 0 Å². The molecule has 0 fully saturated rings. The van der Waals surface area contributed by atoms with Gasteiger partial charge in [-0.3, -0.25) is 9.59 Å². The van der Waals surface area contributed by atoms with E-state index in [2.05, 4.69) is 20.8 Å². The summed E-state index contributed by atoms with van der Waals surface area (Å²) in [6.07, 6.45) is 0. The van der Waals surface area contributed by atoms with Crippen LogP contribution in [0.3, 0.4) is 0 Å². The second kappa shape index (κ2) is 9.78. The molecule has 0 saturated carbocycles. The molecule has 3 aromatic rings. The number of anilines is 1. The second-order valence-corrected chi connectivity index (χ2v) is 7.73. The molecule has 1 heterocycles. The Morgan fingerprint density at radius 3 is 2.55 bits per heavy atom. The van der Waals surface area contributed by atoms with Gasteiger partial charge in [0.05, 0.1) is 22.3 Å². The lowest BCUT2D eigenvalue weighted by Gasteiger charge is -2.07. The van der Waals surface area contributed by atoms with Crippen LogP contribution >= 0.6 is 35.0 Å². The first-order valence-corrected chi connectivity index (χ1v) is 10.3. The summed E-state index contributed by atoms with van der Waals surface area (Å²) in [5.41, 5.74) is 1.13. The highest BCUT2D eigenvalue weighted by atomic mass is 35.5. The molecule has 10 heteroatoms. The maximum absolute atomic E-state index is 12.3. The standard InChI is InChI=1S/C19H17Cl2N5O2S/c1-26-16(10-22-18(28)12-7-8-14(20)15(21)9-12)24-25-19(26)29-11-17(27)23-13-5-3-2-4-6-13/h2-9H,10-11H2,1H3,(H,22,28)(H,23,27). The molecule has 1 aromatic heterocycles. The fourth-order valence-electron chi connectivity index (χ4n) is 2.37. The van der Waals surface area contributed by atoms with Crippen molar-refractivity contribution in [3.8, 4) is 0 Å². The number of hydrogen-bond acceptors (Lipinski definition) is 5. The predicted molar refractivity (Wildman–Crippen MR) is 114 cm³/mol. The van der Waals surface area contributed by atoms with E-state index >= 15 is 0 Å². The molecule has 0 unspecified atom stereocenters. The fourth-order valence-corrected chi connectivity index (χ4v) is 3.40. The number of carbonyl (C=O) groups is 2. The van der Waals surface area contributed by atoms with Crippen molar-refractivity contribution in [3.05, 3.63) is 70.0 Å². The number of carbonyl (C=O) groups excluding carboxylic acids is 2. The van der Waals surface area contributed by atoms with E-state index in [4.69, 9.17) is 23.2 Å². The second-order valence-electron chi connectivity index (χ2n) is 5.97. The molecule has 150 valence electrons. The monoisotopic (exact) mass is 449 g/mol. The molecule has 0 atom stereocenters. The Kier molecular flexibility index (Phi) is 7.13. The van der Waals surface area contributed by atoms with Crippen LogP contribution in [0.2, 0.25) is 10.0 Å². The van der Waals surface area contributed by atoms with Crippen molar-refractivity contribution >= 4 is 52.5 Å². The van der Waals surface area contributed by atoms with Gasteiger partial charge in [0, 0.05) is 18.3 Å². The average Bonchev–Trinajstić information content (AvgIpc) is 3.07. The number of rotatable bonds is 7. The lowest BCUT2D eigenvalue weighted by Crippen LogP contribution is -2.24. The molecule has 7 nitrogen and oxygen atoms in total. The molecule has 0 radical (unpaired) electrons. The van der Waals surface area contributed by atoms with Crippen LogP contribution < -0.4 is 10.6 Å². The van der Waals surface area contributed by atoms with Crippen LogP contribution in [0.15, 0.2) is 53.7 Å². The summed E-state index contributed by atoms with van der Waals surface area (Å²) in [4.78, 5) is 24.3. The normalized spacial score (nSPS) is 10.6. The van der Waals surface area contributed by atoms with Gasteiger partial charge in [0.15, 0.2) is 11.0 Å². The third kappa shape index (κ3) is 5.72. The number of nitrogens with one attached hydrogen (secondary N) is 2. The third-order valence-electron chi connectivity index (χ3n) is 3.90. The van der Waals surface area contributed by atoms with Crippen LogP contribution in [0, 0.1) is 0 Å². The first-order valence-electron chi connectivity index (χ1n) is 8.53. The number of para-hydroxylation sites is 1. The van der Waals surface area contributed by atoms with E-state index in [1.807, 2.05) is 30.3 Å². The first-order chi connectivity index (χ1) is 13.9. The molecule has 2 N–H and O–H groups in total. The van der Waals surface area contributed by atoms with E-state index in [1.165, 1.54) is 17.8 Å². The zero-order valence-corrected chi connectivity index (χ0v) is 17.7. The summed E-state index contributed by atoms with van der Waals surface area (Å²) < 4.78 is 1.73. The van der Waals surface area contributed by atoms with Crippen molar-refractivity contribution in [1.82, 2.24) is 20.1 Å². The van der Waals surface area contributed by atoms with Crippen molar-refractivity contribution in [2.75, 3.05) is 11.1 Å². The molecule has 0 aliphatic carbocycles. The highest BCUT2D eigenvalue weighted by Crippen LogP contribution is 2.22. The summed E-state index contributed by atoms with van der Waals surface area (Å²) in [6.45, 7) is 0.180. The Balaban J connectivity index is 1.53. The number of thioether (sulfide) groups is 1. The van der Waals surface area contributed by atoms with Gasteiger partial charge in [-0.2, -0.15) is 0 Å². The summed E-state index contributed by atoms with van der Waals surface area (Å²) in [7, 11) is 1.78. The number of hydrogen-bond donors (Lipinski definition) is 2. The molecular weight excluding hydrogens is 433 g/mol. The van der Waals surface area contributed by atoms with Crippen LogP contribution in [-0.2, 0) is 18.4 Å². The van der Waals surface area contributed by atoms with Crippen molar-refractivity contribution < 1.29 is 9.59 Å². The minimum Gasteiger partial charge on any atom is -0.345 e. The molecule has 0 aliphatic heterocycles. The van der Waals surface area contributed by atoms with E-state index in [-0.39, 0.29) is 24.1 Å². The van der Waals surface area contributed by atoms with Gasteiger partial charge in [-0.05, 0) is 30.3 Å². The molecule has 0 saturated heterocycles. The molecule has 3 rings (SSSR count). The number of benzene rings is 2. The van der Waals surface area contributed by atoms with Gasteiger partial charge in [0.2, 0.25) is 5.91 Å². The molecule has 2 amide bonds. The van der Waals surface area contributed by atoms with Gasteiger partial charge in [-0.25, -0.2) is 0 Å². The SMILES string of the molecule is Cn1c(CNC(=O)c2ccc(Cl)c(Cl)c2)nnc1SCC(=O)Nc1ccccc1. The predicted octanol–water partition coefficient (Wildman–Crippen LogP) is 3.78. The minimum atomic E-state index is -0.303.